The Morgan fingerprint density at radius 2 is 1.67 bits per heavy atom. The van der Waals surface area contributed by atoms with Crippen molar-refractivity contribution in [3.05, 3.63) is 94.0 Å². The monoisotopic (exact) mass is 381 g/mol. The van der Waals surface area contributed by atoms with Gasteiger partial charge in [-0.05, 0) is 48.4 Å². The minimum Gasteiger partial charge on any atom is -0.489 e. The third-order valence-corrected chi connectivity index (χ3v) is 4.46. The van der Waals surface area contributed by atoms with Gasteiger partial charge in [0.2, 0.25) is 0 Å². The van der Waals surface area contributed by atoms with Crippen LogP contribution in [0.3, 0.4) is 0 Å². The van der Waals surface area contributed by atoms with E-state index in [9.17, 15) is 4.79 Å². The fourth-order valence-electron chi connectivity index (χ4n) is 2.56. The lowest BCUT2D eigenvalue weighted by Gasteiger charge is -2.10. The summed E-state index contributed by atoms with van der Waals surface area (Å²) in [5, 5.41) is 12.4. The molecule has 138 valence electrons. The van der Waals surface area contributed by atoms with E-state index >= 15 is 0 Å². The Balaban J connectivity index is 1.54. The summed E-state index contributed by atoms with van der Waals surface area (Å²) in [6.07, 6.45) is 0. The molecule has 0 aliphatic heterocycles. The van der Waals surface area contributed by atoms with E-state index in [-0.39, 0.29) is 10.6 Å². The van der Waals surface area contributed by atoms with Crippen LogP contribution < -0.4 is 10.1 Å². The lowest BCUT2D eigenvalue weighted by Crippen LogP contribution is -2.02. The van der Waals surface area contributed by atoms with E-state index in [2.05, 4.69) is 36.5 Å². The highest BCUT2D eigenvalue weighted by molar-refractivity contribution is 6.33. The van der Waals surface area contributed by atoms with Gasteiger partial charge in [-0.25, -0.2) is 4.79 Å². The number of hydrogen-bond donors (Lipinski definition) is 2. The van der Waals surface area contributed by atoms with Crippen LogP contribution in [0.25, 0.3) is 0 Å². The molecule has 0 saturated heterocycles. The minimum atomic E-state index is -1.03. The zero-order valence-corrected chi connectivity index (χ0v) is 15.7. The highest BCUT2D eigenvalue weighted by Gasteiger charge is 2.08. The third-order valence-electron chi connectivity index (χ3n) is 4.15. The molecule has 0 unspecified atom stereocenters. The van der Waals surface area contributed by atoms with Crippen LogP contribution in [0.1, 0.15) is 27.0 Å². The van der Waals surface area contributed by atoms with Gasteiger partial charge in [-0.1, -0.05) is 53.6 Å². The van der Waals surface area contributed by atoms with Gasteiger partial charge in [0, 0.05) is 12.2 Å². The fourth-order valence-corrected chi connectivity index (χ4v) is 2.82. The SMILES string of the molecule is Cc1ccc(COc2ccc(CNc3ccc(C(=O)O)c(Cl)c3)cc2)cc1. The van der Waals surface area contributed by atoms with E-state index < -0.39 is 5.97 Å². The predicted molar refractivity (Wildman–Crippen MR) is 108 cm³/mol. The molecule has 0 saturated carbocycles. The highest BCUT2D eigenvalue weighted by Crippen LogP contribution is 2.22. The molecule has 0 aliphatic rings. The number of carboxylic acids is 1. The quantitative estimate of drug-likeness (QED) is 0.564. The predicted octanol–water partition coefficient (Wildman–Crippen LogP) is 5.54. The standard InChI is InChI=1S/C22H20ClNO3/c1-15-2-4-17(5-3-15)14-27-19-9-6-16(7-10-19)13-24-18-8-11-20(22(25)26)21(23)12-18/h2-12,24H,13-14H2,1H3,(H,25,26). The largest absolute Gasteiger partial charge is 0.489 e. The number of ether oxygens (including phenoxy) is 1. The summed E-state index contributed by atoms with van der Waals surface area (Å²) in [6.45, 7) is 3.19. The number of nitrogens with one attached hydrogen (secondary N) is 1. The number of aryl methyl sites for hydroxylation is 1. The average molecular weight is 382 g/mol. The summed E-state index contributed by atoms with van der Waals surface area (Å²) < 4.78 is 5.81. The number of carboxylic acid groups (broad SMARTS) is 1. The Morgan fingerprint density at radius 1 is 1.00 bits per heavy atom. The van der Waals surface area contributed by atoms with Gasteiger partial charge in [0.1, 0.15) is 12.4 Å². The first-order valence-electron chi connectivity index (χ1n) is 8.55. The number of halogens is 1. The molecule has 0 aromatic heterocycles. The van der Waals surface area contributed by atoms with Crippen LogP contribution in [0.2, 0.25) is 5.02 Å². The molecule has 3 rings (SSSR count). The second kappa shape index (κ2) is 8.60. The van der Waals surface area contributed by atoms with Crippen molar-refractivity contribution in [1.82, 2.24) is 0 Å². The van der Waals surface area contributed by atoms with Crippen LogP contribution in [0, 0.1) is 6.92 Å². The number of benzene rings is 3. The van der Waals surface area contributed by atoms with E-state index in [1.165, 1.54) is 11.6 Å². The van der Waals surface area contributed by atoms with Gasteiger partial charge in [-0.3, -0.25) is 0 Å². The first kappa shape index (κ1) is 18.8. The summed E-state index contributed by atoms with van der Waals surface area (Å²) in [7, 11) is 0. The van der Waals surface area contributed by atoms with Crippen molar-refractivity contribution in [1.29, 1.82) is 0 Å². The second-order valence-electron chi connectivity index (χ2n) is 6.27. The van der Waals surface area contributed by atoms with Crippen molar-refractivity contribution in [2.75, 3.05) is 5.32 Å². The van der Waals surface area contributed by atoms with Crippen LogP contribution >= 0.6 is 11.6 Å². The molecular formula is C22H20ClNO3. The Kier molecular flexibility index (Phi) is 5.99. The van der Waals surface area contributed by atoms with Crippen molar-refractivity contribution in [2.45, 2.75) is 20.1 Å². The summed E-state index contributed by atoms with van der Waals surface area (Å²) in [4.78, 5) is 11.0. The molecule has 2 N–H and O–H groups in total. The molecule has 3 aromatic rings. The summed E-state index contributed by atoms with van der Waals surface area (Å²) in [5.74, 6) is -0.221. The number of hydrogen-bond acceptors (Lipinski definition) is 3. The number of carbonyl (C=O) groups is 1. The smallest absolute Gasteiger partial charge is 0.337 e. The zero-order valence-electron chi connectivity index (χ0n) is 14.9. The lowest BCUT2D eigenvalue weighted by atomic mass is 10.1. The van der Waals surface area contributed by atoms with Crippen LogP contribution in [-0.4, -0.2) is 11.1 Å². The first-order valence-corrected chi connectivity index (χ1v) is 8.93. The zero-order chi connectivity index (χ0) is 19.2. The normalized spacial score (nSPS) is 10.4. The first-order chi connectivity index (χ1) is 13.0. The minimum absolute atomic E-state index is 0.0947. The van der Waals surface area contributed by atoms with Crippen molar-refractivity contribution in [3.63, 3.8) is 0 Å². The fraction of sp³-hybridized carbons (Fsp3) is 0.136. The van der Waals surface area contributed by atoms with Gasteiger partial charge >= 0.3 is 5.97 Å². The van der Waals surface area contributed by atoms with Gasteiger partial charge in [0.15, 0.2) is 0 Å². The molecule has 4 nitrogen and oxygen atoms in total. The van der Waals surface area contributed by atoms with Crippen molar-refractivity contribution in [2.24, 2.45) is 0 Å². The van der Waals surface area contributed by atoms with Crippen LogP contribution in [0.5, 0.6) is 5.75 Å². The van der Waals surface area contributed by atoms with E-state index in [4.69, 9.17) is 21.4 Å². The van der Waals surface area contributed by atoms with Gasteiger partial charge < -0.3 is 15.2 Å². The number of anilines is 1. The average Bonchev–Trinajstić information content (AvgIpc) is 2.66. The Morgan fingerprint density at radius 3 is 2.30 bits per heavy atom. The van der Waals surface area contributed by atoms with Crippen molar-refractivity contribution in [3.8, 4) is 5.75 Å². The molecule has 27 heavy (non-hydrogen) atoms. The second-order valence-corrected chi connectivity index (χ2v) is 6.68. The maximum absolute atomic E-state index is 11.0. The lowest BCUT2D eigenvalue weighted by molar-refractivity contribution is 0.0697. The molecule has 5 heteroatoms. The number of aromatic carboxylic acids is 1. The molecule has 0 spiro atoms. The molecule has 3 aromatic carbocycles. The number of rotatable bonds is 7. The van der Waals surface area contributed by atoms with Crippen LogP contribution in [0.4, 0.5) is 5.69 Å². The molecule has 0 amide bonds. The maximum atomic E-state index is 11.0. The van der Waals surface area contributed by atoms with Crippen molar-refractivity contribution < 1.29 is 14.6 Å². The van der Waals surface area contributed by atoms with E-state index in [0.717, 1.165) is 22.6 Å². The Bertz CT molecular complexity index is 921. The third kappa shape index (κ3) is 5.25. The summed E-state index contributed by atoms with van der Waals surface area (Å²) >= 11 is 5.98. The maximum Gasteiger partial charge on any atom is 0.337 e. The van der Waals surface area contributed by atoms with Gasteiger partial charge in [-0.2, -0.15) is 0 Å². The topological polar surface area (TPSA) is 58.6 Å². The van der Waals surface area contributed by atoms with Crippen LogP contribution in [0.15, 0.2) is 66.7 Å². The Labute approximate surface area is 163 Å². The highest BCUT2D eigenvalue weighted by atomic mass is 35.5. The molecule has 0 heterocycles. The van der Waals surface area contributed by atoms with Gasteiger partial charge in [-0.15, -0.1) is 0 Å². The van der Waals surface area contributed by atoms with Crippen molar-refractivity contribution >= 4 is 23.3 Å². The van der Waals surface area contributed by atoms with E-state index in [1.807, 2.05) is 24.3 Å². The molecule has 0 radical (unpaired) electrons. The van der Waals surface area contributed by atoms with Gasteiger partial charge in [0.25, 0.3) is 0 Å². The molecule has 0 aliphatic carbocycles. The molecular weight excluding hydrogens is 362 g/mol. The van der Waals surface area contributed by atoms with Crippen LogP contribution in [-0.2, 0) is 13.2 Å². The Hall–Kier alpha value is -2.98. The molecule has 0 fully saturated rings. The van der Waals surface area contributed by atoms with E-state index in [1.54, 1.807) is 12.1 Å². The molecule has 0 atom stereocenters. The van der Waals surface area contributed by atoms with Gasteiger partial charge in [0.05, 0.1) is 10.6 Å². The van der Waals surface area contributed by atoms with E-state index in [0.29, 0.717) is 13.2 Å². The summed E-state index contributed by atoms with van der Waals surface area (Å²) in [5.41, 5.74) is 4.31. The molecule has 0 bridgehead atoms. The summed E-state index contributed by atoms with van der Waals surface area (Å²) in [6, 6.07) is 20.9.